The summed E-state index contributed by atoms with van der Waals surface area (Å²) in [5.41, 5.74) is 2.85. The number of aromatic nitrogens is 3. The molecule has 4 rings (SSSR count). The van der Waals surface area contributed by atoms with Gasteiger partial charge in [0, 0.05) is 42.7 Å². The Hall–Kier alpha value is -3.81. The summed E-state index contributed by atoms with van der Waals surface area (Å²) in [4.78, 5) is 30.7. The fourth-order valence-corrected chi connectivity index (χ4v) is 3.68. The molecule has 1 aliphatic heterocycles. The molecule has 3 heterocycles. The summed E-state index contributed by atoms with van der Waals surface area (Å²) in [7, 11) is 0. The van der Waals surface area contributed by atoms with Crippen LogP contribution in [0, 0.1) is 5.92 Å². The molecule has 1 fully saturated rings. The van der Waals surface area contributed by atoms with Gasteiger partial charge in [0.1, 0.15) is 0 Å². The molecule has 1 aromatic carbocycles. The van der Waals surface area contributed by atoms with Crippen molar-refractivity contribution in [3.05, 3.63) is 66.5 Å². The topological polar surface area (TPSA) is 97.3 Å². The summed E-state index contributed by atoms with van der Waals surface area (Å²) in [6, 6.07) is 14.5. The van der Waals surface area contributed by atoms with Gasteiger partial charge in [-0.1, -0.05) is 0 Å². The number of hydrogen-bond donors (Lipinski definition) is 1. The molecule has 0 radical (unpaired) electrons. The van der Waals surface area contributed by atoms with Crippen LogP contribution < -0.4 is 10.2 Å². The lowest BCUT2D eigenvalue weighted by molar-refractivity contribution is -0.120. The van der Waals surface area contributed by atoms with Crippen LogP contribution in [0.1, 0.15) is 30.1 Å². The third-order valence-electron chi connectivity index (χ3n) is 5.46. The highest BCUT2D eigenvalue weighted by molar-refractivity contribution is 5.94. The van der Waals surface area contributed by atoms with Crippen molar-refractivity contribution in [2.75, 3.05) is 29.9 Å². The van der Waals surface area contributed by atoms with E-state index < -0.39 is 0 Å². The molecule has 8 nitrogen and oxygen atoms in total. The molecule has 1 N–H and O–H groups in total. The standard InChI is InChI=1S/C24H25N5O3/c1-2-32-24(31)18-5-7-20(8-6-18)26-23(30)17-11-14-29(15-12-17)22-10-9-21(27-28-22)19-4-3-13-25-16-19/h3-10,13,16-17H,2,11-12,14-15H2,1H3,(H,26,30). The smallest absolute Gasteiger partial charge is 0.338 e. The summed E-state index contributed by atoms with van der Waals surface area (Å²) in [6.45, 7) is 3.57. The van der Waals surface area contributed by atoms with Gasteiger partial charge in [0.2, 0.25) is 5.91 Å². The number of pyridine rings is 1. The SMILES string of the molecule is CCOC(=O)c1ccc(NC(=O)C2CCN(c3ccc(-c4cccnc4)nn3)CC2)cc1. The molecule has 2 aromatic heterocycles. The fraction of sp³-hybridized carbons (Fsp3) is 0.292. The van der Waals surface area contributed by atoms with E-state index in [2.05, 4.69) is 25.4 Å². The van der Waals surface area contributed by atoms with E-state index in [0.717, 1.165) is 43.0 Å². The lowest BCUT2D eigenvalue weighted by Gasteiger charge is -2.31. The van der Waals surface area contributed by atoms with Crippen LogP contribution in [0.5, 0.6) is 0 Å². The number of nitrogens with one attached hydrogen (secondary N) is 1. The van der Waals surface area contributed by atoms with Crippen molar-refractivity contribution in [3.8, 4) is 11.3 Å². The van der Waals surface area contributed by atoms with Gasteiger partial charge in [-0.2, -0.15) is 0 Å². The number of anilines is 2. The van der Waals surface area contributed by atoms with Crippen LogP contribution in [0.15, 0.2) is 60.9 Å². The maximum Gasteiger partial charge on any atom is 0.338 e. The first-order valence-electron chi connectivity index (χ1n) is 10.7. The Morgan fingerprint density at radius 2 is 1.84 bits per heavy atom. The van der Waals surface area contributed by atoms with Gasteiger partial charge in [-0.25, -0.2) is 4.79 Å². The minimum absolute atomic E-state index is 0.00783. The van der Waals surface area contributed by atoms with E-state index in [0.29, 0.717) is 17.9 Å². The van der Waals surface area contributed by atoms with Gasteiger partial charge in [-0.3, -0.25) is 9.78 Å². The third-order valence-corrected chi connectivity index (χ3v) is 5.46. The van der Waals surface area contributed by atoms with Crippen LogP contribution in [-0.4, -0.2) is 46.8 Å². The normalized spacial score (nSPS) is 14.1. The second kappa shape index (κ2) is 10.00. The number of carbonyl (C=O) groups is 2. The molecule has 0 bridgehead atoms. The predicted molar refractivity (Wildman–Crippen MR) is 121 cm³/mol. The summed E-state index contributed by atoms with van der Waals surface area (Å²) in [6.07, 6.45) is 4.96. The van der Waals surface area contributed by atoms with Crippen molar-refractivity contribution in [3.63, 3.8) is 0 Å². The number of rotatable bonds is 6. The molecule has 1 saturated heterocycles. The number of piperidine rings is 1. The van der Waals surface area contributed by atoms with E-state index in [4.69, 9.17) is 4.74 Å². The van der Waals surface area contributed by atoms with Gasteiger partial charge < -0.3 is 15.0 Å². The lowest BCUT2D eigenvalue weighted by Crippen LogP contribution is -2.38. The van der Waals surface area contributed by atoms with Crippen molar-refractivity contribution in [1.82, 2.24) is 15.2 Å². The Labute approximate surface area is 186 Å². The van der Waals surface area contributed by atoms with Crippen LogP contribution in [0.4, 0.5) is 11.5 Å². The van der Waals surface area contributed by atoms with Crippen molar-refractivity contribution in [2.45, 2.75) is 19.8 Å². The van der Waals surface area contributed by atoms with Crippen molar-refractivity contribution < 1.29 is 14.3 Å². The summed E-state index contributed by atoms with van der Waals surface area (Å²) >= 11 is 0. The molecule has 0 spiro atoms. The number of hydrogen-bond acceptors (Lipinski definition) is 7. The first-order valence-corrected chi connectivity index (χ1v) is 10.7. The monoisotopic (exact) mass is 431 g/mol. The Kier molecular flexibility index (Phi) is 6.69. The second-order valence-electron chi connectivity index (χ2n) is 7.57. The summed E-state index contributed by atoms with van der Waals surface area (Å²) in [5, 5.41) is 11.6. The van der Waals surface area contributed by atoms with Gasteiger partial charge in [-0.15, -0.1) is 10.2 Å². The van der Waals surface area contributed by atoms with E-state index >= 15 is 0 Å². The summed E-state index contributed by atoms with van der Waals surface area (Å²) < 4.78 is 4.98. The Morgan fingerprint density at radius 3 is 2.47 bits per heavy atom. The molecular formula is C24H25N5O3. The highest BCUT2D eigenvalue weighted by Crippen LogP contribution is 2.24. The predicted octanol–water partition coefficient (Wildman–Crippen LogP) is 3.57. The van der Waals surface area contributed by atoms with Crippen LogP contribution in [0.3, 0.4) is 0 Å². The van der Waals surface area contributed by atoms with Crippen molar-refractivity contribution in [2.24, 2.45) is 5.92 Å². The molecule has 8 heteroatoms. The van der Waals surface area contributed by atoms with Gasteiger partial charge in [0.05, 0.1) is 17.9 Å². The second-order valence-corrected chi connectivity index (χ2v) is 7.57. The van der Waals surface area contributed by atoms with Crippen LogP contribution >= 0.6 is 0 Å². The minimum Gasteiger partial charge on any atom is -0.462 e. The van der Waals surface area contributed by atoms with E-state index in [9.17, 15) is 9.59 Å². The molecule has 3 aromatic rings. The van der Waals surface area contributed by atoms with E-state index in [1.54, 1.807) is 43.6 Å². The Morgan fingerprint density at radius 1 is 1.06 bits per heavy atom. The molecule has 0 saturated carbocycles. The average Bonchev–Trinajstić information content (AvgIpc) is 2.85. The quantitative estimate of drug-likeness (QED) is 0.596. The number of nitrogens with zero attached hydrogens (tertiary/aromatic N) is 4. The highest BCUT2D eigenvalue weighted by atomic mass is 16.5. The molecule has 0 aliphatic carbocycles. The maximum absolute atomic E-state index is 12.7. The zero-order valence-electron chi connectivity index (χ0n) is 17.9. The van der Waals surface area contributed by atoms with Gasteiger partial charge in [0.15, 0.2) is 5.82 Å². The van der Waals surface area contributed by atoms with E-state index in [1.165, 1.54) is 0 Å². The van der Waals surface area contributed by atoms with Crippen LogP contribution in [0.25, 0.3) is 11.3 Å². The zero-order chi connectivity index (χ0) is 22.3. The number of carbonyl (C=O) groups excluding carboxylic acids is 2. The zero-order valence-corrected chi connectivity index (χ0v) is 17.9. The Bertz CT molecular complexity index is 1050. The van der Waals surface area contributed by atoms with Crippen LogP contribution in [-0.2, 0) is 9.53 Å². The third kappa shape index (κ3) is 5.08. The fourth-order valence-electron chi connectivity index (χ4n) is 3.68. The number of ether oxygens (including phenoxy) is 1. The molecule has 0 unspecified atom stereocenters. The van der Waals surface area contributed by atoms with E-state index in [1.807, 2.05) is 24.3 Å². The number of amides is 1. The lowest BCUT2D eigenvalue weighted by atomic mass is 9.95. The van der Waals surface area contributed by atoms with E-state index in [-0.39, 0.29) is 17.8 Å². The van der Waals surface area contributed by atoms with Gasteiger partial charge in [-0.05, 0) is 68.3 Å². The number of esters is 1. The maximum atomic E-state index is 12.7. The van der Waals surface area contributed by atoms with Gasteiger partial charge >= 0.3 is 5.97 Å². The molecule has 32 heavy (non-hydrogen) atoms. The van der Waals surface area contributed by atoms with Gasteiger partial charge in [0.25, 0.3) is 0 Å². The highest BCUT2D eigenvalue weighted by Gasteiger charge is 2.26. The average molecular weight is 431 g/mol. The molecular weight excluding hydrogens is 406 g/mol. The largest absolute Gasteiger partial charge is 0.462 e. The number of benzene rings is 1. The van der Waals surface area contributed by atoms with Crippen molar-refractivity contribution >= 4 is 23.4 Å². The molecule has 164 valence electrons. The molecule has 1 amide bonds. The van der Waals surface area contributed by atoms with Crippen molar-refractivity contribution in [1.29, 1.82) is 0 Å². The first-order chi connectivity index (χ1) is 15.6. The molecule has 1 aliphatic rings. The Balaban J connectivity index is 1.29. The van der Waals surface area contributed by atoms with Crippen LogP contribution in [0.2, 0.25) is 0 Å². The molecule has 0 atom stereocenters. The first kappa shape index (κ1) is 21.4. The summed E-state index contributed by atoms with van der Waals surface area (Å²) in [5.74, 6) is 0.366. The minimum atomic E-state index is -0.366.